The number of pyridine rings is 2. The van der Waals surface area contributed by atoms with Crippen LogP contribution in [0.4, 0.5) is 10.2 Å². The highest BCUT2D eigenvalue weighted by Crippen LogP contribution is 2.29. The van der Waals surface area contributed by atoms with E-state index in [1.165, 1.54) is 12.1 Å². The molecule has 0 saturated carbocycles. The maximum absolute atomic E-state index is 13.2. The number of nitrogens with zero attached hydrogens (tertiary/aromatic N) is 3. The van der Waals surface area contributed by atoms with Gasteiger partial charge in [0.1, 0.15) is 17.3 Å². The fourth-order valence-corrected chi connectivity index (χ4v) is 2.90. The number of hydrogen-bond acceptors (Lipinski definition) is 3. The van der Waals surface area contributed by atoms with Crippen LogP contribution in [0, 0.1) is 5.82 Å². The first-order chi connectivity index (χ1) is 12.1. The first kappa shape index (κ1) is 15.6. The summed E-state index contributed by atoms with van der Waals surface area (Å²) >= 11 is 6.04. The van der Waals surface area contributed by atoms with Gasteiger partial charge in [-0.15, -0.1) is 0 Å². The Bertz CT molecular complexity index is 1060. The highest BCUT2D eigenvalue weighted by atomic mass is 35.5. The molecule has 4 nitrogen and oxygen atoms in total. The topological polar surface area (TPSA) is 42.2 Å². The molecule has 124 valence electrons. The Morgan fingerprint density at radius 2 is 1.84 bits per heavy atom. The largest absolute Gasteiger partial charge is 0.373 e. The lowest BCUT2D eigenvalue weighted by molar-refractivity contribution is 0.628. The molecule has 0 fully saturated rings. The van der Waals surface area contributed by atoms with Gasteiger partial charge >= 0.3 is 0 Å². The quantitative estimate of drug-likeness (QED) is 0.570. The van der Waals surface area contributed by atoms with Gasteiger partial charge < -0.3 is 5.32 Å². The molecule has 0 amide bonds. The maximum atomic E-state index is 13.2. The molecule has 1 N–H and O–H groups in total. The fourth-order valence-electron chi connectivity index (χ4n) is 2.74. The zero-order chi connectivity index (χ0) is 17.4. The van der Waals surface area contributed by atoms with Gasteiger partial charge in [0.05, 0.1) is 17.6 Å². The molecule has 0 radical (unpaired) electrons. The van der Waals surface area contributed by atoms with Gasteiger partial charge in [-0.1, -0.05) is 11.6 Å². The predicted molar refractivity (Wildman–Crippen MR) is 98.4 cm³/mol. The van der Waals surface area contributed by atoms with Crippen molar-refractivity contribution in [2.24, 2.45) is 0 Å². The molecule has 0 bridgehead atoms. The lowest BCUT2D eigenvalue weighted by atomic mass is 10.1. The summed E-state index contributed by atoms with van der Waals surface area (Å²) in [5.41, 5.74) is 4.25. The summed E-state index contributed by atoms with van der Waals surface area (Å²) in [5, 5.41) is 3.71. The van der Waals surface area contributed by atoms with Gasteiger partial charge in [-0.05, 0) is 42.5 Å². The van der Waals surface area contributed by atoms with Gasteiger partial charge in [-0.25, -0.2) is 14.4 Å². The van der Waals surface area contributed by atoms with Crippen LogP contribution in [0.25, 0.3) is 28.2 Å². The number of fused-ring (bicyclic) bond motifs is 1. The van der Waals surface area contributed by atoms with Crippen LogP contribution in [0.1, 0.15) is 0 Å². The van der Waals surface area contributed by atoms with E-state index < -0.39 is 0 Å². The van der Waals surface area contributed by atoms with Crippen molar-refractivity contribution in [1.29, 1.82) is 0 Å². The number of rotatable bonds is 3. The summed E-state index contributed by atoms with van der Waals surface area (Å²) in [5.74, 6) is 0.452. The number of anilines is 1. The van der Waals surface area contributed by atoms with Crippen LogP contribution in [-0.2, 0) is 0 Å². The Hall–Kier alpha value is -2.92. The van der Waals surface area contributed by atoms with Crippen LogP contribution in [0.3, 0.4) is 0 Å². The van der Waals surface area contributed by atoms with E-state index in [4.69, 9.17) is 11.6 Å². The second kappa shape index (κ2) is 6.18. The molecule has 0 aliphatic rings. The van der Waals surface area contributed by atoms with E-state index in [0.717, 1.165) is 34.0 Å². The Kier molecular flexibility index (Phi) is 3.86. The van der Waals surface area contributed by atoms with E-state index in [0.29, 0.717) is 5.02 Å². The molecule has 0 saturated heterocycles. The van der Waals surface area contributed by atoms with Crippen LogP contribution >= 0.6 is 11.6 Å². The van der Waals surface area contributed by atoms with Crippen LogP contribution in [0.2, 0.25) is 5.02 Å². The molecular formula is C19H14ClFN4. The molecule has 0 aliphatic heterocycles. The van der Waals surface area contributed by atoms with Gasteiger partial charge in [0.15, 0.2) is 0 Å². The molecule has 0 unspecified atom stereocenters. The summed E-state index contributed by atoms with van der Waals surface area (Å²) < 4.78 is 15.2. The van der Waals surface area contributed by atoms with Crippen LogP contribution in [-0.4, -0.2) is 21.4 Å². The summed E-state index contributed by atoms with van der Waals surface area (Å²) in [4.78, 5) is 8.99. The van der Waals surface area contributed by atoms with Gasteiger partial charge in [0, 0.05) is 35.5 Å². The van der Waals surface area contributed by atoms with Crippen molar-refractivity contribution in [2.75, 3.05) is 12.4 Å². The zero-order valence-electron chi connectivity index (χ0n) is 13.4. The average Bonchev–Trinajstić information content (AvgIpc) is 3.05. The predicted octanol–water partition coefficient (Wildman–Crippen LogP) is 4.90. The van der Waals surface area contributed by atoms with Gasteiger partial charge in [-0.2, -0.15) is 0 Å². The Morgan fingerprint density at radius 3 is 2.60 bits per heavy atom. The molecule has 3 heterocycles. The maximum Gasteiger partial charge on any atom is 0.138 e. The van der Waals surface area contributed by atoms with E-state index in [1.54, 1.807) is 18.3 Å². The monoisotopic (exact) mass is 352 g/mol. The van der Waals surface area contributed by atoms with Gasteiger partial charge in [0.2, 0.25) is 0 Å². The zero-order valence-corrected chi connectivity index (χ0v) is 14.1. The molecule has 3 aromatic heterocycles. The van der Waals surface area contributed by atoms with Crippen LogP contribution < -0.4 is 5.32 Å². The Morgan fingerprint density at radius 1 is 1.04 bits per heavy atom. The minimum absolute atomic E-state index is 0.271. The van der Waals surface area contributed by atoms with E-state index >= 15 is 0 Å². The van der Waals surface area contributed by atoms with E-state index in [2.05, 4.69) is 15.3 Å². The van der Waals surface area contributed by atoms with Crippen molar-refractivity contribution in [3.8, 4) is 22.5 Å². The first-order valence-electron chi connectivity index (χ1n) is 7.73. The molecule has 0 atom stereocenters. The number of benzene rings is 1. The van der Waals surface area contributed by atoms with E-state index in [-0.39, 0.29) is 5.82 Å². The summed E-state index contributed by atoms with van der Waals surface area (Å²) in [6, 6.07) is 13.8. The number of hydrogen-bond donors (Lipinski definition) is 1. The normalized spacial score (nSPS) is 11.0. The number of aromatic nitrogens is 3. The lowest BCUT2D eigenvalue weighted by Gasteiger charge is -2.09. The molecule has 6 heteroatoms. The highest BCUT2D eigenvalue weighted by molar-refractivity contribution is 6.30. The van der Waals surface area contributed by atoms with Crippen LogP contribution in [0.5, 0.6) is 0 Å². The molecule has 25 heavy (non-hydrogen) atoms. The van der Waals surface area contributed by atoms with Gasteiger partial charge in [0.25, 0.3) is 0 Å². The SMILES string of the molecule is CNc1cc(-c2cnc3cc(Cl)ccn23)cc(-c2ccc(F)cc2)n1. The van der Waals surface area contributed by atoms with Crippen molar-refractivity contribution in [3.05, 3.63) is 71.8 Å². The molecule has 4 rings (SSSR count). The third-order valence-electron chi connectivity index (χ3n) is 3.99. The Labute approximate surface area is 148 Å². The number of halogens is 2. The van der Waals surface area contributed by atoms with Crippen molar-refractivity contribution in [2.45, 2.75) is 0 Å². The van der Waals surface area contributed by atoms with Crippen molar-refractivity contribution in [1.82, 2.24) is 14.4 Å². The smallest absolute Gasteiger partial charge is 0.138 e. The second-order valence-corrected chi connectivity index (χ2v) is 6.04. The molecule has 4 aromatic rings. The standard InChI is InChI=1S/C19H14ClFN4/c1-22-18-9-13(8-16(24-18)12-2-4-15(21)5-3-12)17-11-23-19-10-14(20)6-7-25(17)19/h2-11H,1H3,(H,22,24). The van der Waals surface area contributed by atoms with Gasteiger partial charge in [-0.3, -0.25) is 4.40 Å². The number of imidazole rings is 1. The number of nitrogens with one attached hydrogen (secondary N) is 1. The fraction of sp³-hybridized carbons (Fsp3) is 0.0526. The summed E-state index contributed by atoms with van der Waals surface area (Å²) in [7, 11) is 1.81. The van der Waals surface area contributed by atoms with Crippen molar-refractivity contribution >= 4 is 23.1 Å². The minimum Gasteiger partial charge on any atom is -0.373 e. The summed E-state index contributed by atoms with van der Waals surface area (Å²) in [6.07, 6.45) is 3.69. The third-order valence-corrected chi connectivity index (χ3v) is 4.23. The van der Waals surface area contributed by atoms with E-state index in [1.807, 2.05) is 41.9 Å². The second-order valence-electron chi connectivity index (χ2n) is 5.60. The average molecular weight is 353 g/mol. The highest BCUT2D eigenvalue weighted by Gasteiger charge is 2.11. The molecule has 1 aromatic carbocycles. The van der Waals surface area contributed by atoms with Crippen LogP contribution in [0.15, 0.2) is 60.9 Å². The first-order valence-corrected chi connectivity index (χ1v) is 8.10. The van der Waals surface area contributed by atoms with E-state index in [9.17, 15) is 4.39 Å². The molecular weight excluding hydrogens is 339 g/mol. The lowest BCUT2D eigenvalue weighted by Crippen LogP contribution is -1.96. The minimum atomic E-state index is -0.271. The summed E-state index contributed by atoms with van der Waals surface area (Å²) in [6.45, 7) is 0. The molecule has 0 spiro atoms. The van der Waals surface area contributed by atoms with Crippen molar-refractivity contribution < 1.29 is 4.39 Å². The molecule has 0 aliphatic carbocycles. The third kappa shape index (κ3) is 2.94. The van der Waals surface area contributed by atoms with Crippen molar-refractivity contribution in [3.63, 3.8) is 0 Å². The Balaban J connectivity index is 1.89.